The van der Waals surface area contributed by atoms with E-state index in [4.69, 9.17) is 0 Å². The summed E-state index contributed by atoms with van der Waals surface area (Å²) in [6, 6.07) is 0. The molecule has 2 amide bonds. The quantitative estimate of drug-likeness (QED) is 0.823. The van der Waals surface area contributed by atoms with Crippen molar-refractivity contribution in [1.29, 1.82) is 0 Å². The Kier molecular flexibility index (Phi) is 6.89. The molecule has 1 N–H and O–H groups in total. The smallest absolute Gasteiger partial charge is 0.355 e. The Balaban J connectivity index is 1.63. The third kappa shape index (κ3) is 6.67. The molecule has 0 radical (unpaired) electrons. The maximum Gasteiger partial charge on any atom is 0.397 e. The third-order valence-electron chi connectivity index (χ3n) is 4.76. The van der Waals surface area contributed by atoms with Crippen LogP contribution in [0, 0.1) is 5.92 Å². The highest BCUT2D eigenvalue weighted by atomic mass is 19.4. The van der Waals surface area contributed by atoms with E-state index in [1.54, 1.807) is 0 Å². The van der Waals surface area contributed by atoms with E-state index < -0.39 is 18.5 Å². The molecule has 1 saturated carbocycles. The molecule has 1 aliphatic carbocycles. The lowest BCUT2D eigenvalue weighted by atomic mass is 9.89. The zero-order chi connectivity index (χ0) is 17.6. The van der Waals surface area contributed by atoms with Gasteiger partial charge in [-0.25, -0.2) is 0 Å². The summed E-state index contributed by atoms with van der Waals surface area (Å²) in [5.41, 5.74) is 0. The molecule has 0 unspecified atom stereocenters. The lowest BCUT2D eigenvalue weighted by molar-refractivity contribution is -0.162. The summed E-state index contributed by atoms with van der Waals surface area (Å²) in [4.78, 5) is 26.6. The first-order chi connectivity index (χ1) is 11.3. The number of nitrogens with one attached hydrogen (secondary N) is 1. The van der Waals surface area contributed by atoms with Gasteiger partial charge in [0.15, 0.2) is 0 Å². The van der Waals surface area contributed by atoms with Crippen LogP contribution in [-0.4, -0.2) is 67.1 Å². The SMILES string of the molecule is O=C(CN1CCN(C(=O)CC(F)(F)F)CC1)NCC1CCCCC1. The number of rotatable bonds is 5. The molecular weight excluding hydrogens is 323 g/mol. The molecule has 0 spiro atoms. The van der Waals surface area contributed by atoms with Crippen LogP contribution < -0.4 is 5.32 Å². The van der Waals surface area contributed by atoms with Gasteiger partial charge in [-0.15, -0.1) is 0 Å². The average molecular weight is 349 g/mol. The fourth-order valence-corrected chi connectivity index (χ4v) is 3.35. The molecule has 8 heteroatoms. The van der Waals surface area contributed by atoms with Gasteiger partial charge in [0.25, 0.3) is 0 Å². The number of amides is 2. The standard InChI is InChI=1S/C16H26F3N3O2/c17-16(18,19)10-15(24)22-8-6-21(7-9-22)12-14(23)20-11-13-4-2-1-3-5-13/h13H,1-12H2,(H,20,23). The highest BCUT2D eigenvalue weighted by Gasteiger charge is 2.34. The van der Waals surface area contributed by atoms with Gasteiger partial charge in [-0.2, -0.15) is 13.2 Å². The second kappa shape index (κ2) is 8.69. The van der Waals surface area contributed by atoms with E-state index in [1.165, 1.54) is 37.0 Å². The molecule has 2 rings (SSSR count). The highest BCUT2D eigenvalue weighted by molar-refractivity contribution is 5.78. The molecule has 1 aliphatic heterocycles. The van der Waals surface area contributed by atoms with E-state index >= 15 is 0 Å². The van der Waals surface area contributed by atoms with Gasteiger partial charge < -0.3 is 10.2 Å². The van der Waals surface area contributed by atoms with Gasteiger partial charge in [0.05, 0.1) is 6.54 Å². The normalized spacial score (nSPS) is 20.9. The summed E-state index contributed by atoms with van der Waals surface area (Å²) < 4.78 is 36.7. The summed E-state index contributed by atoms with van der Waals surface area (Å²) in [5, 5.41) is 2.95. The predicted molar refractivity (Wildman–Crippen MR) is 83.3 cm³/mol. The topological polar surface area (TPSA) is 52.7 Å². The minimum absolute atomic E-state index is 0.0457. The maximum absolute atomic E-state index is 12.2. The van der Waals surface area contributed by atoms with Gasteiger partial charge in [-0.05, 0) is 18.8 Å². The van der Waals surface area contributed by atoms with Gasteiger partial charge in [0.2, 0.25) is 11.8 Å². The van der Waals surface area contributed by atoms with Crippen molar-refractivity contribution in [3.05, 3.63) is 0 Å². The molecule has 1 heterocycles. The van der Waals surface area contributed by atoms with Crippen molar-refractivity contribution < 1.29 is 22.8 Å². The van der Waals surface area contributed by atoms with Gasteiger partial charge >= 0.3 is 6.18 Å². The van der Waals surface area contributed by atoms with Crippen LogP contribution in [0.15, 0.2) is 0 Å². The molecule has 0 aromatic carbocycles. The van der Waals surface area contributed by atoms with E-state index in [2.05, 4.69) is 5.32 Å². The Morgan fingerprint density at radius 1 is 1.00 bits per heavy atom. The Morgan fingerprint density at radius 3 is 2.21 bits per heavy atom. The van der Waals surface area contributed by atoms with E-state index in [-0.39, 0.29) is 25.5 Å². The molecule has 2 aliphatic rings. The molecule has 0 bridgehead atoms. The van der Waals surface area contributed by atoms with Crippen LogP contribution in [-0.2, 0) is 9.59 Å². The Morgan fingerprint density at radius 2 is 1.62 bits per heavy atom. The largest absolute Gasteiger partial charge is 0.397 e. The predicted octanol–water partition coefficient (Wildman–Crippen LogP) is 1.78. The van der Waals surface area contributed by atoms with E-state index in [1.807, 2.05) is 4.90 Å². The van der Waals surface area contributed by atoms with Gasteiger partial charge in [0.1, 0.15) is 6.42 Å². The first-order valence-electron chi connectivity index (χ1n) is 8.67. The van der Waals surface area contributed by atoms with Gasteiger partial charge in [-0.1, -0.05) is 19.3 Å². The van der Waals surface area contributed by atoms with E-state index in [0.29, 0.717) is 25.6 Å². The lowest BCUT2D eigenvalue weighted by Gasteiger charge is -2.34. The van der Waals surface area contributed by atoms with Crippen LogP contribution in [0.4, 0.5) is 13.2 Å². The van der Waals surface area contributed by atoms with Crippen LogP contribution in [0.5, 0.6) is 0 Å². The summed E-state index contributed by atoms with van der Waals surface area (Å²) in [7, 11) is 0. The molecule has 1 saturated heterocycles. The number of piperazine rings is 1. The van der Waals surface area contributed by atoms with Crippen molar-refractivity contribution in [2.75, 3.05) is 39.3 Å². The first kappa shape index (κ1) is 19.0. The van der Waals surface area contributed by atoms with Crippen LogP contribution in [0.3, 0.4) is 0 Å². The van der Waals surface area contributed by atoms with Crippen LogP contribution in [0.25, 0.3) is 0 Å². The molecule has 0 aromatic rings. The third-order valence-corrected chi connectivity index (χ3v) is 4.76. The van der Waals surface area contributed by atoms with Crippen LogP contribution >= 0.6 is 0 Å². The minimum atomic E-state index is -4.47. The maximum atomic E-state index is 12.2. The molecule has 0 aromatic heterocycles. The first-order valence-corrected chi connectivity index (χ1v) is 8.67. The van der Waals surface area contributed by atoms with Crippen molar-refractivity contribution >= 4 is 11.8 Å². The summed E-state index contributed by atoms with van der Waals surface area (Å²) in [6.45, 7) is 2.30. The summed E-state index contributed by atoms with van der Waals surface area (Å²) in [5.74, 6) is -0.362. The highest BCUT2D eigenvalue weighted by Crippen LogP contribution is 2.23. The fourth-order valence-electron chi connectivity index (χ4n) is 3.35. The van der Waals surface area contributed by atoms with Crippen molar-refractivity contribution in [2.24, 2.45) is 5.92 Å². The number of carbonyl (C=O) groups excluding carboxylic acids is 2. The van der Waals surface area contributed by atoms with Crippen molar-refractivity contribution in [3.8, 4) is 0 Å². The number of alkyl halides is 3. The second-order valence-electron chi connectivity index (χ2n) is 6.76. The summed E-state index contributed by atoms with van der Waals surface area (Å²) in [6.07, 6.45) is 0.202. The molecule has 0 atom stereocenters. The lowest BCUT2D eigenvalue weighted by Crippen LogP contribution is -2.51. The minimum Gasteiger partial charge on any atom is -0.355 e. The number of carbonyl (C=O) groups is 2. The molecule has 138 valence electrons. The molecule has 5 nitrogen and oxygen atoms in total. The van der Waals surface area contributed by atoms with E-state index in [0.717, 1.165) is 0 Å². The Bertz CT molecular complexity index is 429. The number of nitrogens with zero attached hydrogens (tertiary/aromatic N) is 2. The second-order valence-corrected chi connectivity index (χ2v) is 6.76. The number of hydrogen-bond donors (Lipinski definition) is 1. The number of hydrogen-bond acceptors (Lipinski definition) is 3. The van der Waals surface area contributed by atoms with Gasteiger partial charge in [0, 0.05) is 32.7 Å². The fraction of sp³-hybridized carbons (Fsp3) is 0.875. The average Bonchev–Trinajstić information content (AvgIpc) is 2.53. The van der Waals surface area contributed by atoms with Crippen LogP contribution in [0.2, 0.25) is 0 Å². The zero-order valence-electron chi connectivity index (χ0n) is 13.9. The molecular formula is C16H26F3N3O2. The van der Waals surface area contributed by atoms with Crippen molar-refractivity contribution in [1.82, 2.24) is 15.1 Å². The zero-order valence-corrected chi connectivity index (χ0v) is 13.9. The van der Waals surface area contributed by atoms with E-state index in [9.17, 15) is 22.8 Å². The van der Waals surface area contributed by atoms with Crippen molar-refractivity contribution in [3.63, 3.8) is 0 Å². The van der Waals surface area contributed by atoms with Gasteiger partial charge in [-0.3, -0.25) is 14.5 Å². The number of halogens is 3. The van der Waals surface area contributed by atoms with Crippen molar-refractivity contribution in [2.45, 2.75) is 44.7 Å². The Labute approximate surface area is 140 Å². The molecule has 2 fully saturated rings. The monoisotopic (exact) mass is 349 g/mol. The van der Waals surface area contributed by atoms with Crippen LogP contribution in [0.1, 0.15) is 38.5 Å². The molecule has 24 heavy (non-hydrogen) atoms. The summed E-state index contributed by atoms with van der Waals surface area (Å²) >= 11 is 0. The Hall–Kier alpha value is -1.31.